The molecule has 1 heterocycles. The molecule has 2 aliphatic rings. The lowest BCUT2D eigenvalue weighted by molar-refractivity contribution is 0.202. The number of hydrogen-bond acceptors (Lipinski definition) is 3. The summed E-state index contributed by atoms with van der Waals surface area (Å²) in [5.41, 5.74) is 8.28. The first-order valence-corrected chi connectivity index (χ1v) is 8.05. The Morgan fingerprint density at radius 3 is 2.80 bits per heavy atom. The monoisotopic (exact) mass is 274 g/mol. The van der Waals surface area contributed by atoms with Crippen molar-refractivity contribution in [1.29, 1.82) is 0 Å². The predicted octanol–water partition coefficient (Wildman–Crippen LogP) is 3.68. The van der Waals surface area contributed by atoms with Crippen molar-refractivity contribution in [2.24, 2.45) is 11.8 Å². The van der Waals surface area contributed by atoms with E-state index in [2.05, 4.69) is 17.0 Å². The molecule has 1 saturated heterocycles. The minimum Gasteiger partial charge on any atom is -0.492 e. The van der Waals surface area contributed by atoms with Crippen LogP contribution in [0, 0.1) is 11.8 Å². The van der Waals surface area contributed by atoms with E-state index in [1.165, 1.54) is 44.3 Å². The van der Waals surface area contributed by atoms with Gasteiger partial charge in [-0.3, -0.25) is 0 Å². The second-order valence-corrected chi connectivity index (χ2v) is 6.16. The van der Waals surface area contributed by atoms with Gasteiger partial charge in [0, 0.05) is 13.1 Å². The molecule has 0 spiro atoms. The third-order valence-corrected chi connectivity index (χ3v) is 4.97. The molecule has 3 rings (SSSR count). The van der Waals surface area contributed by atoms with Gasteiger partial charge in [0.15, 0.2) is 0 Å². The van der Waals surface area contributed by atoms with Crippen molar-refractivity contribution in [1.82, 2.24) is 0 Å². The van der Waals surface area contributed by atoms with E-state index in [1.807, 2.05) is 13.0 Å². The number of para-hydroxylation sites is 1. The molecule has 3 heteroatoms. The fraction of sp³-hybridized carbons (Fsp3) is 0.647. The Kier molecular flexibility index (Phi) is 4.04. The lowest BCUT2D eigenvalue weighted by atomic mass is 9.75. The Hall–Kier alpha value is -1.38. The molecule has 110 valence electrons. The third kappa shape index (κ3) is 2.58. The highest BCUT2D eigenvalue weighted by molar-refractivity contribution is 5.74. The van der Waals surface area contributed by atoms with E-state index in [4.69, 9.17) is 10.5 Å². The van der Waals surface area contributed by atoms with Crippen molar-refractivity contribution in [3.8, 4) is 5.75 Å². The van der Waals surface area contributed by atoms with Gasteiger partial charge in [-0.25, -0.2) is 0 Å². The third-order valence-electron chi connectivity index (χ3n) is 4.97. The largest absolute Gasteiger partial charge is 0.492 e. The molecule has 2 fully saturated rings. The Morgan fingerprint density at radius 2 is 2.00 bits per heavy atom. The quantitative estimate of drug-likeness (QED) is 0.854. The molecule has 2 unspecified atom stereocenters. The van der Waals surface area contributed by atoms with E-state index in [0.717, 1.165) is 29.8 Å². The van der Waals surface area contributed by atoms with Crippen LogP contribution in [0.5, 0.6) is 5.75 Å². The molecule has 1 aliphatic heterocycles. The first-order chi connectivity index (χ1) is 9.79. The van der Waals surface area contributed by atoms with E-state index >= 15 is 0 Å². The highest BCUT2D eigenvalue weighted by Crippen LogP contribution is 2.40. The Labute approximate surface area is 122 Å². The topological polar surface area (TPSA) is 38.5 Å². The van der Waals surface area contributed by atoms with Crippen molar-refractivity contribution in [3.63, 3.8) is 0 Å². The van der Waals surface area contributed by atoms with Gasteiger partial charge in [-0.15, -0.1) is 0 Å². The smallest absolute Gasteiger partial charge is 0.144 e. The Morgan fingerprint density at radius 1 is 1.20 bits per heavy atom. The highest BCUT2D eigenvalue weighted by atomic mass is 16.5. The van der Waals surface area contributed by atoms with Gasteiger partial charge in [0.05, 0.1) is 18.0 Å². The van der Waals surface area contributed by atoms with Gasteiger partial charge in [-0.2, -0.15) is 0 Å². The van der Waals surface area contributed by atoms with E-state index in [9.17, 15) is 0 Å². The number of ether oxygens (including phenoxy) is 1. The minimum absolute atomic E-state index is 0.665. The number of fused-ring (bicyclic) bond motifs is 1. The fourth-order valence-electron chi connectivity index (χ4n) is 3.91. The van der Waals surface area contributed by atoms with Crippen LogP contribution < -0.4 is 15.4 Å². The van der Waals surface area contributed by atoms with Crippen molar-refractivity contribution in [2.45, 2.75) is 39.0 Å². The number of nitrogen functional groups attached to an aromatic ring is 1. The van der Waals surface area contributed by atoms with E-state index in [0.29, 0.717) is 6.61 Å². The Balaban J connectivity index is 1.77. The maximum absolute atomic E-state index is 6.30. The van der Waals surface area contributed by atoms with Gasteiger partial charge in [0.2, 0.25) is 0 Å². The second-order valence-electron chi connectivity index (χ2n) is 6.16. The first kappa shape index (κ1) is 13.6. The minimum atomic E-state index is 0.665. The maximum atomic E-state index is 6.30. The summed E-state index contributed by atoms with van der Waals surface area (Å²) in [6, 6.07) is 6.17. The molecule has 0 amide bonds. The van der Waals surface area contributed by atoms with Crippen LogP contribution in [0.4, 0.5) is 11.4 Å². The summed E-state index contributed by atoms with van der Waals surface area (Å²) < 4.78 is 5.62. The number of rotatable bonds is 3. The fourth-order valence-corrected chi connectivity index (χ4v) is 3.91. The van der Waals surface area contributed by atoms with E-state index < -0.39 is 0 Å². The van der Waals surface area contributed by atoms with Crippen molar-refractivity contribution >= 4 is 11.4 Å². The van der Waals surface area contributed by atoms with Gasteiger partial charge in [0.1, 0.15) is 5.75 Å². The Bertz CT molecular complexity index is 460. The summed E-state index contributed by atoms with van der Waals surface area (Å²) in [7, 11) is 0. The normalized spacial score (nSPS) is 26.1. The average molecular weight is 274 g/mol. The number of nitrogens with zero attached hydrogens (tertiary/aromatic N) is 1. The van der Waals surface area contributed by atoms with Gasteiger partial charge in [-0.1, -0.05) is 25.3 Å². The predicted molar refractivity (Wildman–Crippen MR) is 84.3 cm³/mol. The SMILES string of the molecule is CCOc1cccc(N2CCC3CCCCC3C2)c1N. The van der Waals surface area contributed by atoms with E-state index in [-0.39, 0.29) is 0 Å². The number of piperidine rings is 1. The molecule has 1 aliphatic carbocycles. The summed E-state index contributed by atoms with van der Waals surface area (Å²) in [4.78, 5) is 2.48. The summed E-state index contributed by atoms with van der Waals surface area (Å²) >= 11 is 0. The first-order valence-electron chi connectivity index (χ1n) is 8.05. The molecule has 0 bridgehead atoms. The summed E-state index contributed by atoms with van der Waals surface area (Å²) in [5, 5.41) is 0. The van der Waals surface area contributed by atoms with Gasteiger partial charge in [-0.05, 0) is 43.7 Å². The van der Waals surface area contributed by atoms with Crippen LogP contribution in [0.25, 0.3) is 0 Å². The molecular formula is C17H26N2O. The van der Waals surface area contributed by atoms with Crippen molar-refractivity contribution in [3.05, 3.63) is 18.2 Å². The van der Waals surface area contributed by atoms with E-state index in [1.54, 1.807) is 0 Å². The maximum Gasteiger partial charge on any atom is 0.144 e. The highest BCUT2D eigenvalue weighted by Gasteiger charge is 2.31. The number of anilines is 2. The molecule has 0 radical (unpaired) electrons. The molecule has 3 nitrogen and oxygen atoms in total. The van der Waals surface area contributed by atoms with Crippen LogP contribution in [0.2, 0.25) is 0 Å². The molecule has 1 aromatic carbocycles. The number of hydrogen-bond donors (Lipinski definition) is 1. The molecule has 1 aromatic rings. The molecule has 0 aromatic heterocycles. The lowest BCUT2D eigenvalue weighted by Crippen LogP contribution is -2.42. The second kappa shape index (κ2) is 5.94. The van der Waals surface area contributed by atoms with Crippen LogP contribution in [-0.2, 0) is 0 Å². The van der Waals surface area contributed by atoms with Crippen molar-refractivity contribution in [2.75, 3.05) is 30.3 Å². The molecule has 1 saturated carbocycles. The number of benzene rings is 1. The summed E-state index contributed by atoms with van der Waals surface area (Å²) in [6.45, 7) is 4.98. The van der Waals surface area contributed by atoms with Crippen LogP contribution in [0.3, 0.4) is 0 Å². The molecular weight excluding hydrogens is 248 g/mol. The van der Waals surface area contributed by atoms with Gasteiger partial charge < -0.3 is 15.4 Å². The van der Waals surface area contributed by atoms with Crippen LogP contribution in [-0.4, -0.2) is 19.7 Å². The van der Waals surface area contributed by atoms with Crippen LogP contribution in [0.15, 0.2) is 18.2 Å². The summed E-state index contributed by atoms with van der Waals surface area (Å²) in [5.74, 6) is 2.65. The van der Waals surface area contributed by atoms with Crippen LogP contribution >= 0.6 is 0 Å². The standard InChI is InChI=1S/C17H26N2O/c1-2-20-16-9-5-8-15(17(16)18)19-11-10-13-6-3-4-7-14(13)12-19/h5,8-9,13-14H,2-4,6-7,10-12,18H2,1H3. The van der Waals surface area contributed by atoms with Crippen molar-refractivity contribution < 1.29 is 4.74 Å². The number of nitrogens with two attached hydrogens (primary N) is 1. The van der Waals surface area contributed by atoms with Gasteiger partial charge >= 0.3 is 0 Å². The summed E-state index contributed by atoms with van der Waals surface area (Å²) in [6.07, 6.45) is 6.99. The van der Waals surface area contributed by atoms with Gasteiger partial charge in [0.25, 0.3) is 0 Å². The zero-order valence-corrected chi connectivity index (χ0v) is 12.5. The van der Waals surface area contributed by atoms with Crippen LogP contribution in [0.1, 0.15) is 39.0 Å². The average Bonchev–Trinajstić information content (AvgIpc) is 2.49. The molecule has 2 N–H and O–H groups in total. The lowest BCUT2D eigenvalue weighted by Gasteiger charge is -2.42. The zero-order valence-electron chi connectivity index (χ0n) is 12.5. The zero-order chi connectivity index (χ0) is 13.9. The molecule has 2 atom stereocenters. The molecule has 20 heavy (non-hydrogen) atoms.